The largest absolute Gasteiger partial charge is 0.326 e. The predicted octanol–water partition coefficient (Wildman–Crippen LogP) is 3.53. The predicted molar refractivity (Wildman–Crippen MR) is 140 cm³/mol. The zero-order chi connectivity index (χ0) is 23.8. The molecule has 4 heterocycles. The van der Waals surface area contributed by atoms with Gasteiger partial charge in [-0.2, -0.15) is 9.89 Å². The van der Waals surface area contributed by atoms with Crippen LogP contribution in [0.4, 0.5) is 10.6 Å². The maximum atomic E-state index is 14.1. The van der Waals surface area contributed by atoms with Crippen molar-refractivity contribution >= 4 is 33.5 Å². The first-order chi connectivity index (χ1) is 17.2. The van der Waals surface area contributed by atoms with E-state index in [0.717, 1.165) is 72.1 Å². The van der Waals surface area contributed by atoms with Crippen LogP contribution in [0.5, 0.6) is 0 Å². The molecule has 180 valence electrons. The van der Waals surface area contributed by atoms with E-state index in [4.69, 9.17) is 4.98 Å². The zero-order valence-electron chi connectivity index (χ0n) is 20.1. The third-order valence-corrected chi connectivity index (χ3v) is 7.30. The summed E-state index contributed by atoms with van der Waals surface area (Å²) >= 11 is 0. The van der Waals surface area contributed by atoms with Crippen LogP contribution in [0.1, 0.15) is 18.4 Å². The third kappa shape index (κ3) is 3.97. The molecule has 2 aliphatic rings. The number of anilines is 1. The van der Waals surface area contributed by atoms with Gasteiger partial charge in [0.15, 0.2) is 0 Å². The van der Waals surface area contributed by atoms with Crippen molar-refractivity contribution in [1.82, 2.24) is 25.1 Å². The van der Waals surface area contributed by atoms with Crippen LogP contribution in [-0.4, -0.2) is 71.1 Å². The Labute approximate surface area is 205 Å². The molecule has 4 aromatic rings. The van der Waals surface area contributed by atoms with Crippen LogP contribution in [0.15, 0.2) is 60.9 Å². The van der Waals surface area contributed by atoms with E-state index in [9.17, 15) is 4.79 Å². The first-order valence-electron chi connectivity index (χ1n) is 12.5. The first-order valence-corrected chi connectivity index (χ1v) is 12.5. The molecule has 0 radical (unpaired) electrons. The number of aromatic nitrogens is 3. The quantitative estimate of drug-likeness (QED) is 0.497. The van der Waals surface area contributed by atoms with Crippen molar-refractivity contribution in [3.8, 4) is 0 Å². The van der Waals surface area contributed by atoms with Gasteiger partial charge in [-0.05, 0) is 49.4 Å². The summed E-state index contributed by atoms with van der Waals surface area (Å²) in [6, 6.07) is 16.7. The van der Waals surface area contributed by atoms with Gasteiger partial charge in [-0.15, -0.1) is 0 Å². The van der Waals surface area contributed by atoms with Crippen molar-refractivity contribution in [1.29, 1.82) is 0 Å². The van der Waals surface area contributed by atoms with E-state index in [1.54, 1.807) is 0 Å². The highest BCUT2D eigenvalue weighted by atomic mass is 16.2. The number of aryl methyl sites for hydroxylation is 1. The molecule has 0 aliphatic carbocycles. The number of nitrogens with zero attached hydrogens (tertiary/aromatic N) is 6. The maximum absolute atomic E-state index is 14.1. The molecule has 0 spiro atoms. The summed E-state index contributed by atoms with van der Waals surface area (Å²) in [5.74, 6) is 0.778. The number of piperazine rings is 1. The second kappa shape index (κ2) is 9.19. The lowest BCUT2D eigenvalue weighted by molar-refractivity contribution is 0.192. The van der Waals surface area contributed by atoms with E-state index < -0.39 is 0 Å². The van der Waals surface area contributed by atoms with Crippen LogP contribution in [0.2, 0.25) is 0 Å². The summed E-state index contributed by atoms with van der Waals surface area (Å²) in [6.07, 6.45) is 5.76. The minimum absolute atomic E-state index is 0.0481. The Kier molecular flexibility index (Phi) is 5.74. The molecule has 2 aromatic heterocycles. The number of benzene rings is 2. The van der Waals surface area contributed by atoms with E-state index in [2.05, 4.69) is 52.7 Å². The van der Waals surface area contributed by atoms with Gasteiger partial charge in [-0.25, -0.2) is 9.78 Å². The molecule has 2 fully saturated rings. The van der Waals surface area contributed by atoms with Gasteiger partial charge in [-0.1, -0.05) is 36.4 Å². The molecule has 8 nitrogen and oxygen atoms in total. The van der Waals surface area contributed by atoms with Crippen LogP contribution in [0.3, 0.4) is 0 Å². The van der Waals surface area contributed by atoms with Crippen molar-refractivity contribution in [2.75, 3.05) is 49.2 Å². The highest BCUT2D eigenvalue weighted by molar-refractivity contribution is 6.03. The Morgan fingerprint density at radius 1 is 1.03 bits per heavy atom. The molecule has 2 aromatic carbocycles. The highest BCUT2D eigenvalue weighted by Crippen LogP contribution is 2.31. The monoisotopic (exact) mass is 469 g/mol. The summed E-state index contributed by atoms with van der Waals surface area (Å²) in [7, 11) is 0. The fourth-order valence-corrected chi connectivity index (χ4v) is 5.46. The number of nitrogens with one attached hydrogen (secondary N) is 1. The summed E-state index contributed by atoms with van der Waals surface area (Å²) in [5, 5.41) is 13.6. The Morgan fingerprint density at radius 2 is 1.86 bits per heavy atom. The lowest BCUT2D eigenvalue weighted by Crippen LogP contribution is -2.59. The molecule has 0 bridgehead atoms. The van der Waals surface area contributed by atoms with Crippen molar-refractivity contribution < 1.29 is 4.79 Å². The number of urea groups is 1. The topological polar surface area (TPSA) is 69.5 Å². The number of hydrogen-bond donors (Lipinski definition) is 1. The van der Waals surface area contributed by atoms with Crippen LogP contribution in [0.25, 0.3) is 21.7 Å². The van der Waals surface area contributed by atoms with Gasteiger partial charge in [0.05, 0.1) is 30.8 Å². The molecule has 0 saturated carbocycles. The molecule has 2 aliphatic heterocycles. The van der Waals surface area contributed by atoms with Gasteiger partial charge in [0.1, 0.15) is 5.82 Å². The average Bonchev–Trinajstić information content (AvgIpc) is 3.34. The molecule has 2 saturated heterocycles. The molecule has 8 heteroatoms. The van der Waals surface area contributed by atoms with E-state index in [1.165, 1.54) is 0 Å². The lowest BCUT2D eigenvalue weighted by atomic mass is 10.0. The standard InChI is InChI=1S/C27H31N7O/c1-20-6-4-8-21-11-13-29-26(25(20)21)33(23-9-5-12-28-19-23)27(35)31-14-16-32(17-15-31)34-24-10-3-2-7-22(24)18-30-34/h2-4,6-8,10-11,13,18,23,28H,5,9,12,14-17,19H2,1H3/t23-/m1/s1. The minimum atomic E-state index is 0.0481. The summed E-state index contributed by atoms with van der Waals surface area (Å²) < 4.78 is 0. The van der Waals surface area contributed by atoms with Crippen LogP contribution in [0, 0.1) is 6.92 Å². The molecular weight excluding hydrogens is 438 g/mol. The molecule has 35 heavy (non-hydrogen) atoms. The number of piperidine rings is 1. The number of amides is 2. The number of carbonyl (C=O) groups is 1. The SMILES string of the molecule is Cc1cccc2ccnc(N(C(=O)N3CCN(n4ncc5ccccc54)CC3)[C@@H]3CCCNC3)c12. The fourth-order valence-electron chi connectivity index (χ4n) is 5.46. The van der Waals surface area contributed by atoms with Gasteiger partial charge >= 0.3 is 6.03 Å². The summed E-state index contributed by atoms with van der Waals surface area (Å²) in [5.41, 5.74) is 2.24. The van der Waals surface area contributed by atoms with E-state index in [0.29, 0.717) is 13.1 Å². The lowest BCUT2D eigenvalue weighted by Gasteiger charge is -2.41. The molecule has 6 rings (SSSR count). The highest BCUT2D eigenvalue weighted by Gasteiger charge is 2.34. The minimum Gasteiger partial charge on any atom is -0.321 e. The van der Waals surface area contributed by atoms with Crippen molar-refractivity contribution in [3.63, 3.8) is 0 Å². The molecular formula is C27H31N7O. The molecule has 0 unspecified atom stereocenters. The van der Waals surface area contributed by atoms with Gasteiger partial charge in [0, 0.05) is 36.6 Å². The number of rotatable bonds is 3. The summed E-state index contributed by atoms with van der Waals surface area (Å²) in [6.45, 7) is 6.64. The van der Waals surface area contributed by atoms with Crippen LogP contribution >= 0.6 is 0 Å². The van der Waals surface area contributed by atoms with Crippen molar-refractivity contribution in [3.05, 3.63) is 66.5 Å². The zero-order valence-corrected chi connectivity index (χ0v) is 20.1. The van der Waals surface area contributed by atoms with E-state index in [1.807, 2.05) is 45.2 Å². The number of carbonyl (C=O) groups excluding carboxylic acids is 1. The Hall–Kier alpha value is -3.65. The number of fused-ring (bicyclic) bond motifs is 2. The second-order valence-electron chi connectivity index (χ2n) is 9.49. The number of pyridine rings is 1. The van der Waals surface area contributed by atoms with Gasteiger partial charge in [0.2, 0.25) is 0 Å². The van der Waals surface area contributed by atoms with Gasteiger partial charge in [0.25, 0.3) is 0 Å². The number of para-hydroxylation sites is 1. The Morgan fingerprint density at radius 3 is 2.69 bits per heavy atom. The van der Waals surface area contributed by atoms with Gasteiger partial charge in [-0.3, -0.25) is 9.91 Å². The van der Waals surface area contributed by atoms with E-state index >= 15 is 0 Å². The van der Waals surface area contributed by atoms with Crippen LogP contribution in [-0.2, 0) is 0 Å². The first kappa shape index (κ1) is 21.9. The number of hydrogen-bond acceptors (Lipinski definition) is 5. The molecule has 1 N–H and O–H groups in total. The molecule has 2 amide bonds. The third-order valence-electron chi connectivity index (χ3n) is 7.30. The van der Waals surface area contributed by atoms with E-state index in [-0.39, 0.29) is 12.1 Å². The summed E-state index contributed by atoms with van der Waals surface area (Å²) in [4.78, 5) is 24.8. The fraction of sp³-hybridized carbons (Fsp3) is 0.370. The Balaban J connectivity index is 1.29. The smallest absolute Gasteiger partial charge is 0.321 e. The van der Waals surface area contributed by atoms with Crippen LogP contribution < -0.4 is 15.2 Å². The second-order valence-corrected chi connectivity index (χ2v) is 9.49. The van der Waals surface area contributed by atoms with Gasteiger partial charge < -0.3 is 10.2 Å². The normalized spacial score (nSPS) is 18.8. The average molecular weight is 470 g/mol. The molecule has 1 atom stereocenters. The maximum Gasteiger partial charge on any atom is 0.326 e. The van der Waals surface area contributed by atoms with Crippen molar-refractivity contribution in [2.45, 2.75) is 25.8 Å². The Bertz CT molecular complexity index is 1350. The van der Waals surface area contributed by atoms with Crippen molar-refractivity contribution in [2.24, 2.45) is 0 Å².